The van der Waals surface area contributed by atoms with Gasteiger partial charge in [-0.25, -0.2) is 4.98 Å². The predicted octanol–water partition coefficient (Wildman–Crippen LogP) is 5.47. The lowest BCUT2D eigenvalue weighted by atomic mass is 9.69. The highest BCUT2D eigenvalue weighted by Crippen LogP contribution is 2.45. The molecular formula is C27H38N6OSi. The SMILES string of the molecule is C[Si](C)(C)CCOCn1ccc2c(-c3cnn(C4(CC#N)CC(N5CCCCC5)C4)c3)ccnc21. The number of piperidine rings is 1. The topological polar surface area (TPSA) is 71.9 Å². The Balaban J connectivity index is 1.32. The summed E-state index contributed by atoms with van der Waals surface area (Å²) >= 11 is 0. The maximum atomic E-state index is 9.60. The molecule has 2 aliphatic rings. The first kappa shape index (κ1) is 24.2. The molecule has 0 bridgehead atoms. The zero-order valence-electron chi connectivity index (χ0n) is 21.4. The second-order valence-corrected chi connectivity index (χ2v) is 17.2. The molecule has 0 unspecified atom stereocenters. The molecular weight excluding hydrogens is 452 g/mol. The van der Waals surface area contributed by atoms with E-state index in [1.54, 1.807) is 0 Å². The Morgan fingerprint density at radius 2 is 1.97 bits per heavy atom. The Labute approximate surface area is 209 Å². The fourth-order valence-corrected chi connectivity index (χ4v) is 6.38. The molecule has 8 heteroatoms. The number of likely N-dealkylation sites (tertiary alicyclic amines) is 1. The van der Waals surface area contributed by atoms with Crippen molar-refractivity contribution in [1.82, 2.24) is 24.2 Å². The van der Waals surface area contributed by atoms with E-state index in [1.807, 2.05) is 12.4 Å². The van der Waals surface area contributed by atoms with Gasteiger partial charge in [-0.3, -0.25) is 4.68 Å². The van der Waals surface area contributed by atoms with Crippen molar-refractivity contribution >= 4 is 19.1 Å². The number of nitriles is 1. The summed E-state index contributed by atoms with van der Waals surface area (Å²) in [5.74, 6) is 0. The Morgan fingerprint density at radius 3 is 2.71 bits per heavy atom. The smallest absolute Gasteiger partial charge is 0.142 e. The van der Waals surface area contributed by atoms with E-state index in [4.69, 9.17) is 9.84 Å². The molecule has 0 radical (unpaired) electrons. The van der Waals surface area contributed by atoms with Gasteiger partial charge in [-0.15, -0.1) is 0 Å². The van der Waals surface area contributed by atoms with E-state index >= 15 is 0 Å². The van der Waals surface area contributed by atoms with Gasteiger partial charge in [0, 0.05) is 50.3 Å². The second-order valence-electron chi connectivity index (χ2n) is 11.6. The highest BCUT2D eigenvalue weighted by Gasteiger charge is 2.48. The first-order valence-electron chi connectivity index (χ1n) is 13.1. The van der Waals surface area contributed by atoms with E-state index in [0.717, 1.165) is 47.7 Å². The number of rotatable bonds is 9. The zero-order chi connectivity index (χ0) is 24.5. The third-order valence-corrected chi connectivity index (χ3v) is 9.52. The Kier molecular flexibility index (Phi) is 6.84. The molecule has 1 aliphatic heterocycles. The summed E-state index contributed by atoms with van der Waals surface area (Å²) in [4.78, 5) is 7.27. The maximum absolute atomic E-state index is 9.60. The largest absolute Gasteiger partial charge is 0.361 e. The number of hydrogen-bond donors (Lipinski definition) is 0. The van der Waals surface area contributed by atoms with Gasteiger partial charge in [0.2, 0.25) is 0 Å². The predicted molar refractivity (Wildman–Crippen MR) is 142 cm³/mol. The van der Waals surface area contributed by atoms with Crippen LogP contribution in [0.1, 0.15) is 38.5 Å². The van der Waals surface area contributed by atoms with Crippen molar-refractivity contribution in [3.05, 3.63) is 36.9 Å². The molecule has 186 valence electrons. The van der Waals surface area contributed by atoms with Crippen LogP contribution in [0.2, 0.25) is 25.7 Å². The molecule has 3 aromatic rings. The van der Waals surface area contributed by atoms with Crippen molar-refractivity contribution in [2.24, 2.45) is 0 Å². The van der Waals surface area contributed by atoms with Gasteiger partial charge in [0.15, 0.2) is 0 Å². The van der Waals surface area contributed by atoms with Crippen molar-refractivity contribution in [3.8, 4) is 17.2 Å². The Hall–Kier alpha value is -2.47. The molecule has 5 rings (SSSR count). The lowest BCUT2D eigenvalue weighted by molar-refractivity contribution is -0.00426. The van der Waals surface area contributed by atoms with Gasteiger partial charge in [-0.2, -0.15) is 10.4 Å². The summed E-state index contributed by atoms with van der Waals surface area (Å²) in [6.45, 7) is 10.8. The highest BCUT2D eigenvalue weighted by molar-refractivity contribution is 6.76. The third-order valence-electron chi connectivity index (χ3n) is 7.81. The number of fused-ring (bicyclic) bond motifs is 1. The van der Waals surface area contributed by atoms with Gasteiger partial charge in [-0.05, 0) is 62.5 Å². The molecule has 7 nitrogen and oxygen atoms in total. The monoisotopic (exact) mass is 490 g/mol. The summed E-state index contributed by atoms with van der Waals surface area (Å²) in [5.41, 5.74) is 2.95. The fourth-order valence-electron chi connectivity index (χ4n) is 5.63. The van der Waals surface area contributed by atoms with Crippen LogP contribution in [0, 0.1) is 11.3 Å². The van der Waals surface area contributed by atoms with Crippen molar-refractivity contribution in [2.45, 2.75) is 82.5 Å². The molecule has 35 heavy (non-hydrogen) atoms. The average Bonchev–Trinajstić information content (AvgIpc) is 3.47. The third kappa shape index (κ3) is 5.08. The van der Waals surface area contributed by atoms with Crippen LogP contribution in [0.25, 0.3) is 22.2 Å². The minimum atomic E-state index is -1.10. The first-order valence-corrected chi connectivity index (χ1v) is 16.8. The molecule has 3 aromatic heterocycles. The van der Waals surface area contributed by atoms with Crippen molar-refractivity contribution in [2.75, 3.05) is 19.7 Å². The number of ether oxygens (including phenoxy) is 1. The van der Waals surface area contributed by atoms with Crippen LogP contribution in [0.3, 0.4) is 0 Å². The van der Waals surface area contributed by atoms with E-state index < -0.39 is 8.07 Å². The van der Waals surface area contributed by atoms with Crippen molar-refractivity contribution in [3.63, 3.8) is 0 Å². The van der Waals surface area contributed by atoms with E-state index in [1.165, 1.54) is 32.4 Å². The van der Waals surface area contributed by atoms with Crippen LogP contribution >= 0.6 is 0 Å². The minimum absolute atomic E-state index is 0.183. The van der Waals surface area contributed by atoms with Gasteiger partial charge < -0.3 is 14.2 Å². The summed E-state index contributed by atoms with van der Waals surface area (Å²) < 4.78 is 10.1. The van der Waals surface area contributed by atoms with Crippen LogP contribution in [0.4, 0.5) is 0 Å². The Bertz CT molecular complexity index is 1190. The van der Waals surface area contributed by atoms with E-state index in [9.17, 15) is 5.26 Å². The average molecular weight is 491 g/mol. The number of pyridine rings is 1. The van der Waals surface area contributed by atoms with Crippen LogP contribution in [0.15, 0.2) is 36.9 Å². The van der Waals surface area contributed by atoms with Gasteiger partial charge in [0.25, 0.3) is 0 Å². The second kappa shape index (κ2) is 9.88. The molecule has 1 aliphatic carbocycles. The standard InChI is InChI=1S/C27H38N6OSi/c1-35(2,3)16-15-34-21-32-14-8-25-24(7-11-29-26(25)32)22-19-30-33(20-22)27(9-10-28)17-23(18-27)31-12-5-4-6-13-31/h7-8,11,14,19-20,23H,4-6,9,12-13,15-18,21H2,1-3H3. The van der Waals surface area contributed by atoms with Crippen LogP contribution < -0.4 is 0 Å². The van der Waals surface area contributed by atoms with Gasteiger partial charge in [0.05, 0.1) is 24.2 Å². The molecule has 0 aromatic carbocycles. The summed E-state index contributed by atoms with van der Waals surface area (Å²) in [5, 5.41) is 15.5. The van der Waals surface area contributed by atoms with Gasteiger partial charge in [-0.1, -0.05) is 26.1 Å². The number of aromatic nitrogens is 4. The molecule has 1 saturated heterocycles. The molecule has 0 N–H and O–H groups in total. The van der Waals surface area contributed by atoms with Crippen LogP contribution in [0.5, 0.6) is 0 Å². The maximum Gasteiger partial charge on any atom is 0.142 e. The minimum Gasteiger partial charge on any atom is -0.361 e. The van der Waals surface area contributed by atoms with E-state index in [-0.39, 0.29) is 5.54 Å². The summed E-state index contributed by atoms with van der Waals surface area (Å²) in [6, 6.07) is 8.37. The van der Waals surface area contributed by atoms with Crippen molar-refractivity contribution < 1.29 is 4.74 Å². The summed E-state index contributed by atoms with van der Waals surface area (Å²) in [7, 11) is -1.10. The normalized spacial score (nSPS) is 23.3. The molecule has 1 saturated carbocycles. The first-order chi connectivity index (χ1) is 16.9. The number of nitrogens with zero attached hydrogens (tertiary/aromatic N) is 6. The molecule has 2 fully saturated rings. The van der Waals surface area contributed by atoms with Crippen LogP contribution in [-0.4, -0.2) is 58.0 Å². The zero-order valence-corrected chi connectivity index (χ0v) is 22.4. The molecule has 0 spiro atoms. The lowest BCUT2D eigenvalue weighted by Gasteiger charge is -2.51. The quantitative estimate of drug-likeness (QED) is 0.294. The van der Waals surface area contributed by atoms with Crippen LogP contribution in [-0.2, 0) is 17.0 Å². The summed E-state index contributed by atoms with van der Waals surface area (Å²) in [6.07, 6.45) is 14.5. The lowest BCUT2D eigenvalue weighted by Crippen LogP contribution is -2.57. The van der Waals surface area contributed by atoms with Gasteiger partial charge in [0.1, 0.15) is 12.4 Å². The molecule has 0 atom stereocenters. The molecule has 4 heterocycles. The van der Waals surface area contributed by atoms with E-state index in [2.05, 4.69) is 69.4 Å². The van der Waals surface area contributed by atoms with Gasteiger partial charge >= 0.3 is 0 Å². The fraction of sp³-hybridized carbons (Fsp3) is 0.593. The Morgan fingerprint density at radius 1 is 1.17 bits per heavy atom. The number of hydrogen-bond acceptors (Lipinski definition) is 5. The van der Waals surface area contributed by atoms with E-state index in [0.29, 0.717) is 19.2 Å². The molecule has 0 amide bonds. The highest BCUT2D eigenvalue weighted by atomic mass is 28.3. The van der Waals surface area contributed by atoms with Crippen molar-refractivity contribution in [1.29, 1.82) is 5.26 Å².